The number of halogens is 2. The molecule has 0 radical (unpaired) electrons. The Morgan fingerprint density at radius 2 is 2.26 bits per heavy atom. The first-order valence-electron chi connectivity index (χ1n) is 8.15. The maximum atomic E-state index is 13.4. The Labute approximate surface area is 152 Å². The van der Waals surface area contributed by atoms with Crippen LogP contribution < -0.4 is 10.6 Å². The first kappa shape index (κ1) is 18.5. The Hall–Kier alpha value is -3.30. The van der Waals surface area contributed by atoms with Crippen LogP contribution in [0.2, 0.25) is 0 Å². The van der Waals surface area contributed by atoms with Crippen molar-refractivity contribution in [1.29, 1.82) is 0 Å². The zero-order chi connectivity index (χ0) is 19.6. The number of alkyl halides is 2. The van der Waals surface area contributed by atoms with Gasteiger partial charge >= 0.3 is 12.6 Å². The van der Waals surface area contributed by atoms with Gasteiger partial charge in [0.15, 0.2) is 0 Å². The van der Waals surface area contributed by atoms with Crippen molar-refractivity contribution < 1.29 is 23.5 Å². The van der Waals surface area contributed by atoms with E-state index in [0.717, 1.165) is 6.20 Å². The number of anilines is 1. The smallest absolute Gasteiger partial charge is 0.405 e. The number of amides is 2. The molecule has 2 aromatic heterocycles. The van der Waals surface area contributed by atoms with E-state index in [0.29, 0.717) is 15.9 Å². The lowest BCUT2D eigenvalue weighted by atomic mass is 10.0. The lowest BCUT2D eigenvalue weighted by Crippen LogP contribution is -2.27. The van der Waals surface area contributed by atoms with Crippen LogP contribution in [0, 0.1) is 5.92 Å². The van der Waals surface area contributed by atoms with Gasteiger partial charge in [0.1, 0.15) is 0 Å². The van der Waals surface area contributed by atoms with Crippen LogP contribution in [0.15, 0.2) is 36.7 Å². The molecule has 0 spiro atoms. The Morgan fingerprint density at radius 1 is 1.48 bits per heavy atom. The maximum Gasteiger partial charge on any atom is 0.405 e. The first-order chi connectivity index (χ1) is 12.9. The molecule has 2 aromatic rings. The number of rotatable bonds is 2. The van der Waals surface area contributed by atoms with Crippen molar-refractivity contribution in [2.75, 3.05) is 5.32 Å². The Kier molecular flexibility index (Phi) is 5.15. The van der Waals surface area contributed by atoms with E-state index < -0.39 is 24.6 Å². The number of hydrogen-bond donors (Lipinski definition) is 3. The molecule has 0 saturated carbocycles. The first-order valence-corrected chi connectivity index (χ1v) is 8.15. The van der Waals surface area contributed by atoms with E-state index in [9.17, 15) is 18.4 Å². The van der Waals surface area contributed by atoms with E-state index in [1.807, 2.05) is 0 Å². The Balaban J connectivity index is 2.17. The van der Waals surface area contributed by atoms with Crippen LogP contribution in [-0.2, 0) is 4.79 Å². The van der Waals surface area contributed by atoms with Gasteiger partial charge in [-0.1, -0.05) is 19.1 Å². The molecule has 0 aliphatic carbocycles. The summed E-state index contributed by atoms with van der Waals surface area (Å²) < 4.78 is 27.3. The molecule has 2 atom stereocenters. The average Bonchev–Trinajstić information content (AvgIpc) is 3.03. The van der Waals surface area contributed by atoms with E-state index in [1.165, 1.54) is 18.3 Å². The summed E-state index contributed by atoms with van der Waals surface area (Å²) in [6.07, 6.45) is 4.87. The summed E-state index contributed by atoms with van der Waals surface area (Å²) >= 11 is 0. The largest absolute Gasteiger partial charge is 0.465 e. The number of carbonyl (C=O) groups excluding carboxylic acids is 1. The van der Waals surface area contributed by atoms with Gasteiger partial charge in [0.2, 0.25) is 5.91 Å². The topological polar surface area (TPSA) is 109 Å². The van der Waals surface area contributed by atoms with Gasteiger partial charge in [0.25, 0.3) is 0 Å². The highest BCUT2D eigenvalue weighted by Gasteiger charge is 2.24. The fourth-order valence-corrected chi connectivity index (χ4v) is 2.83. The maximum absolute atomic E-state index is 13.4. The highest BCUT2D eigenvalue weighted by Crippen LogP contribution is 2.33. The van der Waals surface area contributed by atoms with Gasteiger partial charge in [0.05, 0.1) is 35.2 Å². The molecule has 0 saturated heterocycles. The molecule has 3 N–H and O–H groups in total. The molecule has 0 fully saturated rings. The van der Waals surface area contributed by atoms with Crippen LogP contribution in [0.5, 0.6) is 0 Å². The zero-order valence-corrected chi connectivity index (χ0v) is 14.3. The minimum absolute atomic E-state index is 0.0211. The number of pyridine rings is 1. The fourth-order valence-electron chi connectivity index (χ4n) is 2.83. The van der Waals surface area contributed by atoms with Crippen molar-refractivity contribution in [3.63, 3.8) is 0 Å². The van der Waals surface area contributed by atoms with Crippen LogP contribution in [0.4, 0.5) is 19.3 Å². The van der Waals surface area contributed by atoms with Gasteiger partial charge in [-0.3, -0.25) is 9.78 Å². The fraction of sp³-hybridized carbons (Fsp3) is 0.294. The van der Waals surface area contributed by atoms with Crippen molar-refractivity contribution in [2.24, 2.45) is 5.92 Å². The van der Waals surface area contributed by atoms with Gasteiger partial charge < -0.3 is 15.7 Å². The third kappa shape index (κ3) is 3.94. The molecule has 10 heteroatoms. The zero-order valence-electron chi connectivity index (χ0n) is 14.3. The van der Waals surface area contributed by atoms with Crippen molar-refractivity contribution in [3.05, 3.63) is 42.4 Å². The summed E-state index contributed by atoms with van der Waals surface area (Å²) in [6.45, 7) is -1.27. The summed E-state index contributed by atoms with van der Waals surface area (Å²) in [5, 5.41) is 17.7. The SMILES string of the molecule is C[C@H]1/C=C/C[C@H](NC(=O)O)c2cc(ccn2)-c2c(cnn2C(F)F)NC1=O. The van der Waals surface area contributed by atoms with Crippen molar-refractivity contribution in [1.82, 2.24) is 20.1 Å². The molecule has 3 heterocycles. The molecular weight excluding hydrogens is 360 g/mol. The standard InChI is InChI=1S/C17H17F2N5O3/c1-9-3-2-4-11(23-17(26)27)12-7-10(5-6-20-12)14-13(22-15(9)25)8-21-24(14)16(18)19/h2-3,5-9,11,16,23H,4H2,1H3,(H,22,25)(H,26,27)/b3-2+/t9-,11-/m0/s1. The predicted molar refractivity (Wildman–Crippen MR) is 92.2 cm³/mol. The number of aromatic nitrogens is 3. The number of carboxylic acid groups (broad SMARTS) is 1. The number of nitrogens with zero attached hydrogens (tertiary/aromatic N) is 3. The highest BCUT2D eigenvalue weighted by molar-refractivity contribution is 5.96. The predicted octanol–water partition coefficient (Wildman–Crippen LogP) is 3.18. The van der Waals surface area contributed by atoms with E-state index in [1.54, 1.807) is 19.1 Å². The van der Waals surface area contributed by atoms with E-state index in [4.69, 9.17) is 5.11 Å². The van der Waals surface area contributed by atoms with E-state index in [-0.39, 0.29) is 23.7 Å². The molecule has 0 unspecified atom stereocenters. The second kappa shape index (κ2) is 7.52. The molecule has 3 rings (SSSR count). The van der Waals surface area contributed by atoms with Crippen molar-refractivity contribution >= 4 is 17.7 Å². The van der Waals surface area contributed by atoms with E-state index in [2.05, 4.69) is 20.7 Å². The summed E-state index contributed by atoms with van der Waals surface area (Å²) in [7, 11) is 0. The number of fused-ring (bicyclic) bond motifs is 4. The van der Waals surface area contributed by atoms with Gasteiger partial charge in [0, 0.05) is 11.8 Å². The molecule has 142 valence electrons. The second-order valence-corrected chi connectivity index (χ2v) is 6.04. The summed E-state index contributed by atoms with van der Waals surface area (Å²) in [6, 6.07) is 2.31. The number of nitrogens with one attached hydrogen (secondary N) is 2. The van der Waals surface area contributed by atoms with Crippen molar-refractivity contribution in [3.8, 4) is 11.3 Å². The number of carbonyl (C=O) groups is 2. The normalized spacial score (nSPS) is 20.8. The van der Waals surface area contributed by atoms with Crippen molar-refractivity contribution in [2.45, 2.75) is 25.9 Å². The number of hydrogen-bond acceptors (Lipinski definition) is 4. The second-order valence-electron chi connectivity index (χ2n) is 6.04. The molecule has 27 heavy (non-hydrogen) atoms. The van der Waals surface area contributed by atoms with Crippen LogP contribution in [0.25, 0.3) is 11.3 Å². The monoisotopic (exact) mass is 377 g/mol. The van der Waals surface area contributed by atoms with E-state index >= 15 is 0 Å². The molecule has 2 amide bonds. The Morgan fingerprint density at radius 3 is 2.96 bits per heavy atom. The third-order valence-corrected chi connectivity index (χ3v) is 4.16. The summed E-state index contributed by atoms with van der Waals surface area (Å²) in [5.41, 5.74) is 0.864. The summed E-state index contributed by atoms with van der Waals surface area (Å²) in [5.74, 6) is -0.942. The molecule has 1 aliphatic heterocycles. The third-order valence-electron chi connectivity index (χ3n) is 4.16. The van der Waals surface area contributed by atoms with Crippen LogP contribution in [-0.4, -0.2) is 31.9 Å². The average molecular weight is 377 g/mol. The lowest BCUT2D eigenvalue weighted by molar-refractivity contribution is -0.118. The van der Waals surface area contributed by atoms with Crippen LogP contribution in [0.1, 0.15) is 31.6 Å². The van der Waals surface area contributed by atoms with Gasteiger partial charge in [-0.25, -0.2) is 9.48 Å². The van der Waals surface area contributed by atoms with Gasteiger partial charge in [-0.15, -0.1) is 0 Å². The van der Waals surface area contributed by atoms with Crippen LogP contribution in [0.3, 0.4) is 0 Å². The minimum Gasteiger partial charge on any atom is -0.465 e. The summed E-state index contributed by atoms with van der Waals surface area (Å²) in [4.78, 5) is 27.6. The molecule has 8 nitrogen and oxygen atoms in total. The lowest BCUT2D eigenvalue weighted by Gasteiger charge is -2.18. The molecule has 0 aromatic carbocycles. The highest BCUT2D eigenvalue weighted by atomic mass is 19.3. The Bertz CT molecular complexity index is 896. The van der Waals surface area contributed by atoms with Gasteiger partial charge in [-0.2, -0.15) is 13.9 Å². The minimum atomic E-state index is -2.92. The molecule has 2 bridgehead atoms. The van der Waals surface area contributed by atoms with Crippen LogP contribution >= 0.6 is 0 Å². The quantitative estimate of drug-likeness (QED) is 0.697. The van der Waals surface area contributed by atoms with Gasteiger partial charge in [-0.05, 0) is 18.6 Å². The molecule has 1 aliphatic rings. The molecular formula is C17H17F2N5O3.